The lowest BCUT2D eigenvalue weighted by molar-refractivity contribution is 0.160. The Morgan fingerprint density at radius 2 is 2.00 bits per heavy atom. The lowest BCUT2D eigenvalue weighted by atomic mass is 9.98. The van der Waals surface area contributed by atoms with E-state index < -0.39 is 0 Å². The molecule has 1 saturated heterocycles. The lowest BCUT2D eigenvalue weighted by Crippen LogP contribution is -2.32. The zero-order valence-corrected chi connectivity index (χ0v) is 13.8. The smallest absolute Gasteiger partial charge is 0.318 e. The van der Waals surface area contributed by atoms with Crippen molar-refractivity contribution in [2.24, 2.45) is 5.92 Å². The number of fused-ring (bicyclic) bond motifs is 1. The number of benzene rings is 1. The molecule has 0 bridgehead atoms. The number of likely N-dealkylation sites (tertiary alicyclic amines) is 1. The number of nitrogens with two attached hydrogens (primary N) is 1. The van der Waals surface area contributed by atoms with E-state index >= 15 is 0 Å². The average Bonchev–Trinajstić information content (AvgIpc) is 2.54. The molecule has 2 N–H and O–H groups in total. The summed E-state index contributed by atoms with van der Waals surface area (Å²) in [6.07, 6.45) is 2.38. The molecule has 2 aromatic rings. The van der Waals surface area contributed by atoms with Gasteiger partial charge in [-0.25, -0.2) is 0 Å². The lowest BCUT2D eigenvalue weighted by Gasteiger charge is -2.28. The normalized spacial score (nSPS) is 16.6. The van der Waals surface area contributed by atoms with E-state index in [-0.39, 0.29) is 0 Å². The highest BCUT2D eigenvalue weighted by Crippen LogP contribution is 2.26. The number of nitrogens with zero attached hydrogens (tertiary/aromatic N) is 3. The van der Waals surface area contributed by atoms with Gasteiger partial charge < -0.3 is 20.1 Å². The third-order valence-electron chi connectivity index (χ3n) is 4.27. The van der Waals surface area contributed by atoms with Gasteiger partial charge in [0.05, 0.1) is 18.7 Å². The molecular weight excluding hydrogens is 292 g/mol. The molecule has 6 nitrogen and oxygen atoms in total. The van der Waals surface area contributed by atoms with E-state index in [4.69, 9.17) is 15.2 Å². The molecule has 6 heteroatoms. The van der Waals surface area contributed by atoms with Crippen molar-refractivity contribution in [2.45, 2.75) is 19.8 Å². The van der Waals surface area contributed by atoms with Gasteiger partial charge in [0.2, 0.25) is 0 Å². The molecule has 1 aromatic heterocycles. The highest BCUT2D eigenvalue weighted by atomic mass is 16.5. The summed E-state index contributed by atoms with van der Waals surface area (Å²) >= 11 is 0. The van der Waals surface area contributed by atoms with E-state index in [1.165, 1.54) is 12.8 Å². The van der Waals surface area contributed by atoms with E-state index in [0.29, 0.717) is 24.4 Å². The van der Waals surface area contributed by atoms with Crippen molar-refractivity contribution >= 4 is 16.7 Å². The summed E-state index contributed by atoms with van der Waals surface area (Å²) in [4.78, 5) is 10.9. The van der Waals surface area contributed by atoms with Crippen molar-refractivity contribution in [3.8, 4) is 11.8 Å². The number of anilines is 1. The van der Waals surface area contributed by atoms with Gasteiger partial charge in [0.1, 0.15) is 11.6 Å². The fourth-order valence-electron chi connectivity index (χ4n) is 2.84. The van der Waals surface area contributed by atoms with Gasteiger partial charge in [-0.05, 0) is 58.0 Å². The number of piperidine rings is 1. The molecule has 124 valence electrons. The fraction of sp³-hybridized carbons (Fsp3) is 0.529. The molecule has 1 aromatic carbocycles. The van der Waals surface area contributed by atoms with Gasteiger partial charge in [-0.15, -0.1) is 0 Å². The Balaban J connectivity index is 1.71. The number of nitrogen functional groups attached to an aromatic ring is 1. The first-order chi connectivity index (χ1) is 11.2. The highest BCUT2D eigenvalue weighted by Gasteiger charge is 2.17. The second kappa shape index (κ2) is 7.00. The maximum absolute atomic E-state index is 5.97. The standard InChI is InChI=1S/C17H24N4O2/c1-3-22-17-19-15-10-13(4-5-14(15)16(18)20-17)23-11-12-6-8-21(2)9-7-12/h4-5,10,12H,3,6-9,11H2,1-2H3,(H2,18,19,20). The van der Waals surface area contributed by atoms with E-state index in [1.54, 1.807) is 0 Å². The van der Waals surface area contributed by atoms with E-state index in [2.05, 4.69) is 21.9 Å². The molecular formula is C17H24N4O2. The molecule has 23 heavy (non-hydrogen) atoms. The Bertz CT molecular complexity index is 669. The summed E-state index contributed by atoms with van der Waals surface area (Å²) in [5.41, 5.74) is 6.72. The maximum atomic E-state index is 5.97. The van der Waals surface area contributed by atoms with Crippen LogP contribution in [0.5, 0.6) is 11.8 Å². The Labute approximate surface area is 136 Å². The topological polar surface area (TPSA) is 73.5 Å². The van der Waals surface area contributed by atoms with Crippen LogP contribution in [0.15, 0.2) is 18.2 Å². The van der Waals surface area contributed by atoms with E-state index in [0.717, 1.165) is 36.3 Å². The average molecular weight is 316 g/mol. The second-order valence-corrected chi connectivity index (χ2v) is 6.06. The van der Waals surface area contributed by atoms with Crippen LogP contribution in [0.1, 0.15) is 19.8 Å². The minimum atomic E-state index is 0.310. The van der Waals surface area contributed by atoms with E-state index in [9.17, 15) is 0 Å². The Morgan fingerprint density at radius 3 is 2.74 bits per heavy atom. The van der Waals surface area contributed by atoms with Crippen molar-refractivity contribution in [3.05, 3.63) is 18.2 Å². The molecule has 0 aliphatic carbocycles. The van der Waals surface area contributed by atoms with Crippen LogP contribution in [-0.4, -0.2) is 48.2 Å². The zero-order chi connectivity index (χ0) is 16.2. The molecule has 0 unspecified atom stereocenters. The third kappa shape index (κ3) is 3.82. The van der Waals surface area contributed by atoms with E-state index in [1.807, 2.05) is 25.1 Å². The van der Waals surface area contributed by atoms with Crippen LogP contribution in [0.2, 0.25) is 0 Å². The number of hydrogen-bond acceptors (Lipinski definition) is 6. The summed E-state index contributed by atoms with van der Waals surface area (Å²) < 4.78 is 11.3. The first kappa shape index (κ1) is 15.8. The van der Waals surface area contributed by atoms with Gasteiger partial charge in [0, 0.05) is 11.5 Å². The Morgan fingerprint density at radius 1 is 1.22 bits per heavy atom. The first-order valence-electron chi connectivity index (χ1n) is 8.17. The summed E-state index contributed by atoms with van der Waals surface area (Å²) in [7, 11) is 2.17. The number of ether oxygens (including phenoxy) is 2. The van der Waals surface area contributed by atoms with Gasteiger partial charge in [-0.3, -0.25) is 0 Å². The molecule has 0 saturated carbocycles. The van der Waals surface area contributed by atoms with Crippen LogP contribution >= 0.6 is 0 Å². The maximum Gasteiger partial charge on any atom is 0.318 e. The highest BCUT2D eigenvalue weighted by molar-refractivity contribution is 5.89. The SMILES string of the molecule is CCOc1nc(N)c2ccc(OCC3CCN(C)CC3)cc2n1. The Kier molecular flexibility index (Phi) is 4.81. The summed E-state index contributed by atoms with van der Waals surface area (Å²) in [6, 6.07) is 6.05. The van der Waals surface area contributed by atoms with Crippen LogP contribution in [0.3, 0.4) is 0 Å². The molecule has 0 spiro atoms. The summed E-state index contributed by atoms with van der Waals surface area (Å²) in [5, 5.41) is 0.820. The minimum Gasteiger partial charge on any atom is -0.493 e. The molecule has 1 aliphatic heterocycles. The Hall–Kier alpha value is -2.08. The van der Waals surface area contributed by atoms with Crippen LogP contribution < -0.4 is 15.2 Å². The molecule has 0 radical (unpaired) electrons. The van der Waals surface area contributed by atoms with Crippen LogP contribution in [-0.2, 0) is 0 Å². The quantitative estimate of drug-likeness (QED) is 0.912. The second-order valence-electron chi connectivity index (χ2n) is 6.06. The third-order valence-corrected chi connectivity index (χ3v) is 4.27. The van der Waals surface area contributed by atoms with Gasteiger partial charge in [0.25, 0.3) is 0 Å². The molecule has 3 rings (SSSR count). The van der Waals surface area contributed by atoms with Crippen LogP contribution in [0.25, 0.3) is 10.9 Å². The van der Waals surface area contributed by atoms with Crippen molar-refractivity contribution in [1.29, 1.82) is 0 Å². The van der Waals surface area contributed by atoms with Gasteiger partial charge in [-0.2, -0.15) is 9.97 Å². The predicted octanol–water partition coefficient (Wildman–Crippen LogP) is 2.33. The fourth-order valence-corrected chi connectivity index (χ4v) is 2.84. The number of rotatable bonds is 5. The molecule has 0 atom stereocenters. The zero-order valence-electron chi connectivity index (χ0n) is 13.8. The first-order valence-corrected chi connectivity index (χ1v) is 8.17. The van der Waals surface area contributed by atoms with Gasteiger partial charge in [-0.1, -0.05) is 0 Å². The summed E-state index contributed by atoms with van der Waals surface area (Å²) in [6.45, 7) is 5.45. The van der Waals surface area contributed by atoms with Crippen molar-refractivity contribution in [2.75, 3.05) is 39.1 Å². The molecule has 1 aliphatic rings. The van der Waals surface area contributed by atoms with Gasteiger partial charge in [0.15, 0.2) is 0 Å². The van der Waals surface area contributed by atoms with Crippen molar-refractivity contribution in [3.63, 3.8) is 0 Å². The number of aromatic nitrogens is 2. The van der Waals surface area contributed by atoms with Crippen molar-refractivity contribution in [1.82, 2.24) is 14.9 Å². The molecule has 2 heterocycles. The van der Waals surface area contributed by atoms with Crippen LogP contribution in [0.4, 0.5) is 5.82 Å². The summed E-state index contributed by atoms with van der Waals surface area (Å²) in [5.74, 6) is 1.87. The van der Waals surface area contributed by atoms with Crippen LogP contribution in [0, 0.1) is 5.92 Å². The van der Waals surface area contributed by atoms with Crippen molar-refractivity contribution < 1.29 is 9.47 Å². The minimum absolute atomic E-state index is 0.310. The van der Waals surface area contributed by atoms with Gasteiger partial charge >= 0.3 is 6.01 Å². The largest absolute Gasteiger partial charge is 0.493 e. The molecule has 1 fully saturated rings. The number of hydrogen-bond donors (Lipinski definition) is 1. The molecule has 0 amide bonds. The predicted molar refractivity (Wildman–Crippen MR) is 90.8 cm³/mol. The monoisotopic (exact) mass is 316 g/mol.